The number of thioether (sulfide) groups is 1. The van der Waals surface area contributed by atoms with E-state index in [1.807, 2.05) is 13.2 Å². The normalized spacial score (nSPS) is 12.1. The molecule has 15 heavy (non-hydrogen) atoms. The van der Waals surface area contributed by atoms with Crippen LogP contribution in [0.5, 0.6) is 5.75 Å². The lowest BCUT2D eigenvalue weighted by atomic mass is 10.2. The van der Waals surface area contributed by atoms with Crippen molar-refractivity contribution in [2.24, 2.45) is 5.92 Å². The van der Waals surface area contributed by atoms with Gasteiger partial charge in [-0.05, 0) is 18.4 Å². The van der Waals surface area contributed by atoms with Gasteiger partial charge in [0, 0.05) is 17.9 Å². The van der Waals surface area contributed by atoms with Crippen molar-refractivity contribution in [2.45, 2.75) is 6.92 Å². The highest BCUT2D eigenvalue weighted by atomic mass is 32.2. The van der Waals surface area contributed by atoms with Crippen molar-refractivity contribution >= 4 is 23.5 Å². The molecule has 0 saturated carbocycles. The molecule has 0 aliphatic carbocycles. The van der Waals surface area contributed by atoms with Crippen LogP contribution in [0.2, 0.25) is 0 Å². The Balaban J connectivity index is 2.62. The van der Waals surface area contributed by atoms with Gasteiger partial charge in [-0.2, -0.15) is 11.8 Å². The molecule has 0 radical (unpaired) electrons. The van der Waals surface area contributed by atoms with Crippen LogP contribution in [-0.4, -0.2) is 28.0 Å². The maximum Gasteiger partial charge on any atom is 0.229 e. The van der Waals surface area contributed by atoms with Crippen LogP contribution in [0.25, 0.3) is 0 Å². The summed E-state index contributed by atoms with van der Waals surface area (Å²) in [6, 6.07) is 3.10. The summed E-state index contributed by atoms with van der Waals surface area (Å²) in [7, 11) is 0. The average molecular weight is 226 g/mol. The maximum absolute atomic E-state index is 11.6. The molecule has 0 saturated heterocycles. The van der Waals surface area contributed by atoms with E-state index in [0.29, 0.717) is 0 Å². The Morgan fingerprint density at radius 2 is 2.47 bits per heavy atom. The van der Waals surface area contributed by atoms with Crippen molar-refractivity contribution < 1.29 is 9.90 Å². The first-order valence-corrected chi connectivity index (χ1v) is 5.98. The first kappa shape index (κ1) is 11.8. The summed E-state index contributed by atoms with van der Waals surface area (Å²) in [5.74, 6) is 0.733. The summed E-state index contributed by atoms with van der Waals surface area (Å²) >= 11 is 1.61. The highest BCUT2D eigenvalue weighted by molar-refractivity contribution is 7.98. The molecule has 0 spiro atoms. The molecule has 0 bridgehead atoms. The third-order valence-corrected chi connectivity index (χ3v) is 2.73. The van der Waals surface area contributed by atoms with Gasteiger partial charge in [-0.1, -0.05) is 6.92 Å². The maximum atomic E-state index is 11.6. The minimum Gasteiger partial charge on any atom is -0.504 e. The summed E-state index contributed by atoms with van der Waals surface area (Å²) in [4.78, 5) is 15.5. The SMILES string of the molecule is CSCC(C)C(=O)Nc1ncccc1O. The van der Waals surface area contributed by atoms with E-state index in [4.69, 9.17) is 0 Å². The minimum absolute atomic E-state index is 0.0119. The quantitative estimate of drug-likeness (QED) is 0.820. The monoisotopic (exact) mass is 226 g/mol. The van der Waals surface area contributed by atoms with Crippen molar-refractivity contribution in [3.05, 3.63) is 18.3 Å². The Bertz CT molecular complexity index is 344. The summed E-state index contributed by atoms with van der Waals surface area (Å²) in [5.41, 5.74) is 0. The number of nitrogens with one attached hydrogen (secondary N) is 1. The van der Waals surface area contributed by atoms with Crippen LogP contribution in [0, 0.1) is 5.92 Å². The molecule has 0 fully saturated rings. The van der Waals surface area contributed by atoms with Crippen molar-refractivity contribution in [3.63, 3.8) is 0 Å². The van der Waals surface area contributed by atoms with Crippen LogP contribution in [0.1, 0.15) is 6.92 Å². The highest BCUT2D eigenvalue weighted by Crippen LogP contribution is 2.19. The summed E-state index contributed by atoms with van der Waals surface area (Å²) in [6.45, 7) is 1.84. The molecule has 1 unspecified atom stereocenters. The molecule has 1 heterocycles. The second-order valence-corrected chi connectivity index (χ2v) is 4.13. The molecule has 82 valence electrons. The second-order valence-electron chi connectivity index (χ2n) is 3.22. The third-order valence-electron chi connectivity index (χ3n) is 1.89. The second kappa shape index (κ2) is 5.60. The zero-order valence-corrected chi connectivity index (χ0v) is 9.54. The number of hydrogen-bond acceptors (Lipinski definition) is 4. The van der Waals surface area contributed by atoms with E-state index in [-0.39, 0.29) is 23.4 Å². The highest BCUT2D eigenvalue weighted by Gasteiger charge is 2.14. The van der Waals surface area contributed by atoms with Gasteiger partial charge in [0.1, 0.15) is 0 Å². The molecule has 0 aromatic carbocycles. The van der Waals surface area contributed by atoms with Gasteiger partial charge >= 0.3 is 0 Å². The Kier molecular flexibility index (Phi) is 4.42. The molecule has 1 rings (SSSR count). The number of carbonyl (C=O) groups is 1. The number of carbonyl (C=O) groups excluding carboxylic acids is 1. The first-order valence-electron chi connectivity index (χ1n) is 4.59. The Labute approximate surface area is 93.1 Å². The van der Waals surface area contributed by atoms with Crippen LogP contribution in [0.4, 0.5) is 5.82 Å². The zero-order chi connectivity index (χ0) is 11.3. The van der Waals surface area contributed by atoms with E-state index in [2.05, 4.69) is 10.3 Å². The first-order chi connectivity index (χ1) is 7.15. The largest absolute Gasteiger partial charge is 0.504 e. The molecule has 0 aliphatic heterocycles. The molecule has 2 N–H and O–H groups in total. The van der Waals surface area contributed by atoms with E-state index in [9.17, 15) is 9.90 Å². The topological polar surface area (TPSA) is 62.2 Å². The molecule has 5 heteroatoms. The van der Waals surface area contributed by atoms with Crippen LogP contribution in [0.3, 0.4) is 0 Å². The molecule has 1 amide bonds. The van der Waals surface area contributed by atoms with Crippen LogP contribution in [0.15, 0.2) is 18.3 Å². The predicted octanol–water partition coefficient (Wildman–Crippen LogP) is 1.72. The summed E-state index contributed by atoms with van der Waals surface area (Å²) in [6.07, 6.45) is 3.47. The fraction of sp³-hybridized carbons (Fsp3) is 0.400. The van der Waals surface area contributed by atoms with E-state index in [1.165, 1.54) is 12.3 Å². The predicted molar refractivity (Wildman–Crippen MR) is 62.1 cm³/mol. The number of pyridine rings is 1. The minimum atomic E-state index is -0.127. The fourth-order valence-corrected chi connectivity index (χ4v) is 1.71. The zero-order valence-electron chi connectivity index (χ0n) is 8.73. The standard InChI is InChI=1S/C10H14N2O2S/c1-7(6-15-2)10(14)12-9-8(13)4-3-5-11-9/h3-5,7,13H,6H2,1-2H3,(H,11,12,14). The van der Waals surface area contributed by atoms with Gasteiger partial charge in [0.25, 0.3) is 0 Å². The number of amides is 1. The van der Waals surface area contributed by atoms with Gasteiger partial charge in [-0.25, -0.2) is 4.98 Å². The lowest BCUT2D eigenvalue weighted by molar-refractivity contribution is -0.118. The lowest BCUT2D eigenvalue weighted by Crippen LogP contribution is -2.22. The molecule has 1 aromatic rings. The van der Waals surface area contributed by atoms with Crippen molar-refractivity contribution in [2.75, 3.05) is 17.3 Å². The van der Waals surface area contributed by atoms with Crippen molar-refractivity contribution in [1.82, 2.24) is 4.98 Å². The number of rotatable bonds is 4. The van der Waals surface area contributed by atoms with Gasteiger partial charge in [0.2, 0.25) is 5.91 Å². The van der Waals surface area contributed by atoms with Crippen molar-refractivity contribution in [1.29, 1.82) is 0 Å². The van der Waals surface area contributed by atoms with Gasteiger partial charge in [-0.3, -0.25) is 4.79 Å². The number of aromatic hydroxyl groups is 1. The fourth-order valence-electron chi connectivity index (χ4n) is 1.06. The van der Waals surface area contributed by atoms with E-state index in [0.717, 1.165) is 5.75 Å². The molecule has 1 atom stereocenters. The summed E-state index contributed by atoms with van der Waals surface area (Å²) in [5, 5.41) is 12.0. The van der Waals surface area contributed by atoms with Gasteiger partial charge in [-0.15, -0.1) is 0 Å². The van der Waals surface area contributed by atoms with Crippen LogP contribution >= 0.6 is 11.8 Å². The van der Waals surface area contributed by atoms with Gasteiger partial charge < -0.3 is 10.4 Å². The van der Waals surface area contributed by atoms with Crippen LogP contribution < -0.4 is 5.32 Å². The van der Waals surface area contributed by atoms with E-state index in [1.54, 1.807) is 17.8 Å². The van der Waals surface area contributed by atoms with Crippen molar-refractivity contribution in [3.8, 4) is 5.75 Å². The smallest absolute Gasteiger partial charge is 0.229 e. The van der Waals surface area contributed by atoms with Gasteiger partial charge in [0.05, 0.1) is 0 Å². The summed E-state index contributed by atoms with van der Waals surface area (Å²) < 4.78 is 0. The molecule has 4 nitrogen and oxygen atoms in total. The van der Waals surface area contributed by atoms with E-state index < -0.39 is 0 Å². The van der Waals surface area contributed by atoms with Gasteiger partial charge in [0.15, 0.2) is 11.6 Å². The van der Waals surface area contributed by atoms with Crippen LogP contribution in [-0.2, 0) is 4.79 Å². The number of nitrogens with zero attached hydrogens (tertiary/aromatic N) is 1. The third kappa shape index (κ3) is 3.43. The number of aromatic nitrogens is 1. The Morgan fingerprint density at radius 1 is 1.73 bits per heavy atom. The molecule has 0 aliphatic rings. The Morgan fingerprint density at radius 3 is 3.07 bits per heavy atom. The average Bonchev–Trinajstić information content (AvgIpc) is 2.21. The number of anilines is 1. The number of hydrogen-bond donors (Lipinski definition) is 2. The molecular formula is C10H14N2O2S. The lowest BCUT2D eigenvalue weighted by Gasteiger charge is -2.10. The van der Waals surface area contributed by atoms with E-state index >= 15 is 0 Å². The molecule has 1 aromatic heterocycles. The Hall–Kier alpha value is -1.23. The molecular weight excluding hydrogens is 212 g/mol.